The number of carbonyl (C=O) groups is 4. The molecule has 9 heteroatoms. The van der Waals surface area contributed by atoms with E-state index in [2.05, 4.69) is 21.3 Å². The molecule has 1 rings (SSSR count). The Hall–Kier alpha value is -2.94. The third kappa shape index (κ3) is 7.44. The Kier molecular flexibility index (Phi) is 9.31. The third-order valence-electron chi connectivity index (χ3n) is 3.13. The van der Waals surface area contributed by atoms with Crippen LogP contribution in [0.25, 0.3) is 0 Å². The van der Waals surface area contributed by atoms with Gasteiger partial charge in [-0.15, -0.1) is 0 Å². The van der Waals surface area contributed by atoms with E-state index < -0.39 is 5.91 Å². The van der Waals surface area contributed by atoms with Gasteiger partial charge in [-0.1, -0.05) is 13.0 Å². The second kappa shape index (κ2) is 11.6. The smallest absolute Gasteiger partial charge is 0.293 e. The first-order valence-corrected chi connectivity index (χ1v) is 7.76. The normalized spacial score (nSPS) is 9.80. The van der Waals surface area contributed by atoms with Gasteiger partial charge in [-0.05, 0) is 18.7 Å². The maximum Gasteiger partial charge on any atom is 0.293 e. The van der Waals surface area contributed by atoms with Gasteiger partial charge in [0.25, 0.3) is 12.4 Å². The monoisotopic (exact) mass is 350 g/mol. The van der Waals surface area contributed by atoms with E-state index in [-0.39, 0.29) is 19.1 Å². The van der Waals surface area contributed by atoms with Gasteiger partial charge in [0.05, 0.1) is 6.54 Å². The summed E-state index contributed by atoms with van der Waals surface area (Å²) in [4.78, 5) is 44.6. The number of likely N-dealkylation sites (N-methyl/N-ethyl adjacent to an activating group) is 1. The van der Waals surface area contributed by atoms with Crippen LogP contribution >= 0.6 is 0 Å². The summed E-state index contributed by atoms with van der Waals surface area (Å²) in [7, 11) is 0. The summed E-state index contributed by atoms with van der Waals surface area (Å²) >= 11 is 0. The molecular formula is C16H22N4O5. The van der Waals surface area contributed by atoms with E-state index in [0.717, 1.165) is 6.54 Å². The molecule has 0 bridgehead atoms. The number of hydrogen-bond donors (Lipinski definition) is 4. The Morgan fingerprint density at radius 3 is 2.68 bits per heavy atom. The lowest BCUT2D eigenvalue weighted by molar-refractivity contribution is -0.129. The van der Waals surface area contributed by atoms with Crippen LogP contribution in [-0.2, 0) is 25.7 Å². The standard InChI is InChI=1S/C16H22N4O5/c1-2-17-5-6-19-16(24)14-7-13(20-15(23)8-18-10-21)4-3-12(14)9-25-11-22/h3-4,7,10-11,17H,2,5-6,8-9H2,1H3,(H,18,21)(H,19,24)(H,20,23). The summed E-state index contributed by atoms with van der Waals surface area (Å²) < 4.78 is 4.72. The molecule has 25 heavy (non-hydrogen) atoms. The Morgan fingerprint density at radius 2 is 2.00 bits per heavy atom. The molecule has 0 radical (unpaired) electrons. The van der Waals surface area contributed by atoms with Crippen LogP contribution in [0.5, 0.6) is 0 Å². The molecule has 9 nitrogen and oxygen atoms in total. The molecule has 0 atom stereocenters. The fourth-order valence-corrected chi connectivity index (χ4v) is 1.99. The second-order valence-corrected chi connectivity index (χ2v) is 4.94. The molecule has 0 saturated carbocycles. The topological polar surface area (TPSA) is 126 Å². The van der Waals surface area contributed by atoms with E-state index >= 15 is 0 Å². The van der Waals surface area contributed by atoms with E-state index in [4.69, 9.17) is 4.74 Å². The highest BCUT2D eigenvalue weighted by Crippen LogP contribution is 2.17. The average molecular weight is 350 g/mol. The van der Waals surface area contributed by atoms with Crippen LogP contribution < -0.4 is 21.3 Å². The Balaban J connectivity index is 2.85. The zero-order chi connectivity index (χ0) is 18.5. The summed E-state index contributed by atoms with van der Waals surface area (Å²) in [5, 5.41) is 10.6. The SMILES string of the molecule is CCNCCNC(=O)c1cc(NC(=O)CNC=O)ccc1COC=O. The molecule has 0 saturated heterocycles. The van der Waals surface area contributed by atoms with Crippen molar-refractivity contribution in [1.82, 2.24) is 16.0 Å². The zero-order valence-corrected chi connectivity index (χ0v) is 14.0. The van der Waals surface area contributed by atoms with Crippen molar-refractivity contribution in [3.63, 3.8) is 0 Å². The van der Waals surface area contributed by atoms with Crippen LogP contribution in [-0.4, -0.2) is 50.9 Å². The van der Waals surface area contributed by atoms with Crippen LogP contribution in [0, 0.1) is 0 Å². The van der Waals surface area contributed by atoms with Crippen molar-refractivity contribution in [2.75, 3.05) is 31.5 Å². The van der Waals surface area contributed by atoms with Gasteiger partial charge in [0.2, 0.25) is 12.3 Å². The maximum absolute atomic E-state index is 12.3. The third-order valence-corrected chi connectivity index (χ3v) is 3.13. The molecule has 0 aromatic heterocycles. The minimum absolute atomic E-state index is 0.0552. The fraction of sp³-hybridized carbons (Fsp3) is 0.375. The van der Waals surface area contributed by atoms with Gasteiger partial charge in [-0.3, -0.25) is 19.2 Å². The van der Waals surface area contributed by atoms with Crippen LogP contribution in [0.3, 0.4) is 0 Å². The molecule has 0 unspecified atom stereocenters. The molecule has 1 aromatic carbocycles. The summed E-state index contributed by atoms with van der Waals surface area (Å²) in [6.07, 6.45) is 0.419. The van der Waals surface area contributed by atoms with E-state index in [1.807, 2.05) is 6.92 Å². The first-order chi connectivity index (χ1) is 12.1. The number of nitrogens with one attached hydrogen (secondary N) is 4. The molecule has 4 N–H and O–H groups in total. The van der Waals surface area contributed by atoms with Crippen molar-refractivity contribution in [3.05, 3.63) is 29.3 Å². The van der Waals surface area contributed by atoms with Crippen LogP contribution in [0.4, 0.5) is 5.69 Å². The minimum Gasteiger partial charge on any atom is -0.463 e. The Labute approximate surface area is 145 Å². The van der Waals surface area contributed by atoms with Crippen molar-refractivity contribution in [3.8, 4) is 0 Å². The van der Waals surface area contributed by atoms with E-state index in [1.165, 1.54) is 6.07 Å². The van der Waals surface area contributed by atoms with Gasteiger partial charge in [0.1, 0.15) is 6.61 Å². The number of rotatable bonds is 12. The molecule has 0 fully saturated rings. The molecule has 1 aromatic rings. The highest BCUT2D eigenvalue weighted by atomic mass is 16.5. The highest BCUT2D eigenvalue weighted by Gasteiger charge is 2.13. The Bertz CT molecular complexity index is 606. The number of benzene rings is 1. The van der Waals surface area contributed by atoms with Gasteiger partial charge in [0, 0.05) is 29.9 Å². The van der Waals surface area contributed by atoms with Gasteiger partial charge in [0.15, 0.2) is 0 Å². The largest absolute Gasteiger partial charge is 0.463 e. The first kappa shape index (κ1) is 20.1. The molecule has 0 spiro atoms. The summed E-state index contributed by atoms with van der Waals surface area (Å²) in [5.74, 6) is -0.771. The summed E-state index contributed by atoms with van der Waals surface area (Å²) in [5.41, 5.74) is 1.20. The average Bonchev–Trinajstić information content (AvgIpc) is 2.62. The zero-order valence-electron chi connectivity index (χ0n) is 14.0. The van der Waals surface area contributed by atoms with Crippen molar-refractivity contribution in [1.29, 1.82) is 0 Å². The van der Waals surface area contributed by atoms with Crippen LogP contribution in [0.2, 0.25) is 0 Å². The lowest BCUT2D eigenvalue weighted by Crippen LogP contribution is -2.32. The molecule has 0 aliphatic carbocycles. The number of amides is 3. The highest BCUT2D eigenvalue weighted by molar-refractivity contribution is 5.99. The molecule has 0 aliphatic heterocycles. The first-order valence-electron chi connectivity index (χ1n) is 7.76. The van der Waals surface area contributed by atoms with E-state index in [9.17, 15) is 19.2 Å². The predicted octanol–water partition coefficient (Wildman–Crippen LogP) is -0.617. The summed E-state index contributed by atoms with van der Waals surface area (Å²) in [6.45, 7) is 3.88. The van der Waals surface area contributed by atoms with Crippen molar-refractivity contribution < 1.29 is 23.9 Å². The van der Waals surface area contributed by atoms with Crippen LogP contribution in [0.1, 0.15) is 22.8 Å². The van der Waals surface area contributed by atoms with E-state index in [0.29, 0.717) is 42.8 Å². The summed E-state index contributed by atoms with van der Waals surface area (Å²) in [6, 6.07) is 4.66. The molecular weight excluding hydrogens is 328 g/mol. The molecule has 136 valence electrons. The number of ether oxygens (including phenoxy) is 1. The molecule has 0 aliphatic rings. The second-order valence-electron chi connectivity index (χ2n) is 4.94. The lowest BCUT2D eigenvalue weighted by Gasteiger charge is -2.12. The van der Waals surface area contributed by atoms with Crippen molar-refractivity contribution >= 4 is 30.4 Å². The predicted molar refractivity (Wildman–Crippen MR) is 90.9 cm³/mol. The maximum atomic E-state index is 12.3. The van der Waals surface area contributed by atoms with Gasteiger partial charge >= 0.3 is 0 Å². The number of hydrogen-bond acceptors (Lipinski definition) is 6. The van der Waals surface area contributed by atoms with Crippen molar-refractivity contribution in [2.24, 2.45) is 0 Å². The van der Waals surface area contributed by atoms with Crippen LogP contribution in [0.15, 0.2) is 18.2 Å². The number of anilines is 1. The number of carbonyl (C=O) groups excluding carboxylic acids is 4. The van der Waals surface area contributed by atoms with Gasteiger partial charge in [-0.2, -0.15) is 0 Å². The quantitative estimate of drug-likeness (QED) is 0.294. The molecule has 3 amide bonds. The Morgan fingerprint density at radius 1 is 1.20 bits per heavy atom. The minimum atomic E-state index is -0.428. The lowest BCUT2D eigenvalue weighted by atomic mass is 10.1. The fourth-order valence-electron chi connectivity index (χ4n) is 1.99. The van der Waals surface area contributed by atoms with Gasteiger partial charge < -0.3 is 26.0 Å². The van der Waals surface area contributed by atoms with E-state index in [1.54, 1.807) is 12.1 Å². The molecule has 0 heterocycles. The van der Waals surface area contributed by atoms with Crippen molar-refractivity contribution in [2.45, 2.75) is 13.5 Å². The van der Waals surface area contributed by atoms with Gasteiger partial charge in [-0.25, -0.2) is 0 Å².